The summed E-state index contributed by atoms with van der Waals surface area (Å²) in [6.07, 6.45) is 3.09. The van der Waals surface area contributed by atoms with E-state index in [2.05, 4.69) is 21.2 Å². The number of rotatable bonds is 7. The lowest BCUT2D eigenvalue weighted by molar-refractivity contribution is -0.122. The molecule has 1 amide bonds. The van der Waals surface area contributed by atoms with Crippen molar-refractivity contribution in [3.05, 3.63) is 28.7 Å². The fraction of sp³-hybridized carbons (Fsp3) is 0.467. The predicted octanol–water partition coefficient (Wildman–Crippen LogP) is 4.26. The SMILES string of the molecule is CCCC(CCC)(C(=O)Nc1ccc(Br)cc1)C(N)=S. The number of anilines is 1. The van der Waals surface area contributed by atoms with Crippen LogP contribution in [-0.2, 0) is 4.79 Å². The average Bonchev–Trinajstić information content (AvgIpc) is 2.40. The first-order valence-electron chi connectivity index (χ1n) is 6.83. The van der Waals surface area contributed by atoms with Crippen LogP contribution in [0.3, 0.4) is 0 Å². The van der Waals surface area contributed by atoms with Crippen LogP contribution in [0.5, 0.6) is 0 Å². The Morgan fingerprint density at radius 3 is 2.15 bits per heavy atom. The molecule has 0 saturated heterocycles. The zero-order valence-electron chi connectivity index (χ0n) is 11.9. The minimum Gasteiger partial charge on any atom is -0.392 e. The van der Waals surface area contributed by atoms with Crippen molar-refractivity contribution in [2.75, 3.05) is 5.32 Å². The fourth-order valence-electron chi connectivity index (χ4n) is 2.35. The number of halogens is 1. The molecule has 0 bridgehead atoms. The second-order valence-electron chi connectivity index (χ2n) is 4.91. The molecule has 0 saturated carbocycles. The molecule has 5 heteroatoms. The number of carbonyl (C=O) groups is 1. The van der Waals surface area contributed by atoms with Crippen molar-refractivity contribution >= 4 is 44.7 Å². The van der Waals surface area contributed by atoms with E-state index >= 15 is 0 Å². The van der Waals surface area contributed by atoms with Gasteiger partial charge in [0.1, 0.15) is 0 Å². The van der Waals surface area contributed by atoms with Crippen LogP contribution in [0.2, 0.25) is 0 Å². The van der Waals surface area contributed by atoms with Gasteiger partial charge in [0.05, 0.1) is 10.4 Å². The highest BCUT2D eigenvalue weighted by Gasteiger charge is 2.39. The molecule has 0 aromatic heterocycles. The maximum Gasteiger partial charge on any atom is 0.237 e. The van der Waals surface area contributed by atoms with E-state index in [-0.39, 0.29) is 10.9 Å². The van der Waals surface area contributed by atoms with Crippen molar-refractivity contribution < 1.29 is 4.79 Å². The molecule has 0 spiro atoms. The van der Waals surface area contributed by atoms with E-state index in [1.165, 1.54) is 0 Å². The molecular weight excluding hydrogens is 336 g/mol. The molecule has 1 aromatic carbocycles. The van der Waals surface area contributed by atoms with Crippen molar-refractivity contribution in [1.82, 2.24) is 0 Å². The molecule has 0 unspecified atom stereocenters. The average molecular weight is 357 g/mol. The Bertz CT molecular complexity index is 467. The number of nitrogens with one attached hydrogen (secondary N) is 1. The first-order chi connectivity index (χ1) is 9.46. The number of nitrogens with two attached hydrogens (primary N) is 1. The Morgan fingerprint density at radius 2 is 1.75 bits per heavy atom. The van der Waals surface area contributed by atoms with Crippen LogP contribution in [0.15, 0.2) is 28.7 Å². The van der Waals surface area contributed by atoms with Crippen LogP contribution in [0.1, 0.15) is 39.5 Å². The number of carbonyl (C=O) groups excluding carboxylic acids is 1. The van der Waals surface area contributed by atoms with Crippen molar-refractivity contribution in [2.45, 2.75) is 39.5 Å². The van der Waals surface area contributed by atoms with Gasteiger partial charge in [-0.25, -0.2) is 0 Å². The molecule has 0 fully saturated rings. The maximum atomic E-state index is 12.7. The summed E-state index contributed by atoms with van der Waals surface area (Å²) in [6.45, 7) is 4.07. The molecule has 0 aliphatic heterocycles. The largest absolute Gasteiger partial charge is 0.392 e. The Morgan fingerprint density at radius 1 is 1.25 bits per heavy atom. The molecule has 3 nitrogen and oxygen atoms in total. The molecule has 0 heterocycles. The molecule has 0 aliphatic rings. The third-order valence-corrected chi connectivity index (χ3v) is 4.28. The smallest absolute Gasteiger partial charge is 0.237 e. The molecular formula is C15H21BrN2OS. The van der Waals surface area contributed by atoms with Gasteiger partial charge in [0.25, 0.3) is 0 Å². The Labute approximate surface area is 134 Å². The summed E-state index contributed by atoms with van der Waals surface area (Å²) in [7, 11) is 0. The fourth-order valence-corrected chi connectivity index (χ4v) is 2.91. The predicted molar refractivity (Wildman–Crippen MR) is 91.8 cm³/mol. The van der Waals surface area contributed by atoms with Crippen LogP contribution >= 0.6 is 28.1 Å². The van der Waals surface area contributed by atoms with Crippen LogP contribution in [0.25, 0.3) is 0 Å². The van der Waals surface area contributed by atoms with E-state index in [1.54, 1.807) is 0 Å². The molecule has 1 aromatic rings. The zero-order valence-corrected chi connectivity index (χ0v) is 14.3. The van der Waals surface area contributed by atoms with Crippen LogP contribution in [0, 0.1) is 5.41 Å². The van der Waals surface area contributed by atoms with Crippen molar-refractivity contribution in [3.63, 3.8) is 0 Å². The first-order valence-corrected chi connectivity index (χ1v) is 8.03. The van der Waals surface area contributed by atoms with Crippen molar-refractivity contribution in [1.29, 1.82) is 0 Å². The highest BCUT2D eigenvalue weighted by molar-refractivity contribution is 9.10. The van der Waals surface area contributed by atoms with Gasteiger partial charge < -0.3 is 11.1 Å². The van der Waals surface area contributed by atoms with Crippen LogP contribution in [0.4, 0.5) is 5.69 Å². The molecule has 0 radical (unpaired) electrons. The van der Waals surface area contributed by atoms with Crippen LogP contribution in [-0.4, -0.2) is 10.9 Å². The third kappa shape index (κ3) is 4.03. The van der Waals surface area contributed by atoms with Gasteiger partial charge in [-0.05, 0) is 37.1 Å². The van der Waals surface area contributed by atoms with Gasteiger partial charge in [-0.15, -0.1) is 0 Å². The summed E-state index contributed by atoms with van der Waals surface area (Å²) < 4.78 is 0.971. The molecule has 0 atom stereocenters. The number of hydrogen-bond acceptors (Lipinski definition) is 2. The highest BCUT2D eigenvalue weighted by atomic mass is 79.9. The normalized spacial score (nSPS) is 11.2. The van der Waals surface area contributed by atoms with Gasteiger partial charge in [0, 0.05) is 10.2 Å². The number of benzene rings is 1. The monoisotopic (exact) mass is 356 g/mol. The summed E-state index contributed by atoms with van der Waals surface area (Å²) in [5, 5.41) is 2.93. The van der Waals surface area contributed by atoms with Gasteiger partial charge in [0.15, 0.2) is 0 Å². The number of hydrogen-bond donors (Lipinski definition) is 2. The summed E-state index contributed by atoms with van der Waals surface area (Å²) in [6, 6.07) is 7.48. The highest BCUT2D eigenvalue weighted by Crippen LogP contribution is 2.32. The number of thiocarbonyl (C=S) groups is 1. The standard InChI is InChI=1S/C15H21BrN2OS/c1-3-9-15(10-4-2,13(17)20)14(19)18-12-7-5-11(16)6-8-12/h5-8H,3-4,9-10H2,1-2H3,(H2,17,20)(H,18,19). The number of amides is 1. The second kappa shape index (κ2) is 7.74. The van der Waals surface area contributed by atoms with Gasteiger partial charge in [-0.1, -0.05) is 54.8 Å². The zero-order chi connectivity index (χ0) is 15.2. The molecule has 0 aliphatic carbocycles. The summed E-state index contributed by atoms with van der Waals surface area (Å²) in [5.74, 6) is -0.101. The van der Waals surface area contributed by atoms with E-state index in [1.807, 2.05) is 38.1 Å². The first kappa shape index (κ1) is 17.1. The molecule has 110 valence electrons. The van der Waals surface area contributed by atoms with E-state index < -0.39 is 5.41 Å². The van der Waals surface area contributed by atoms with Crippen LogP contribution < -0.4 is 11.1 Å². The quantitative estimate of drug-likeness (QED) is 0.717. The third-order valence-electron chi connectivity index (χ3n) is 3.36. The Kier molecular flexibility index (Phi) is 6.62. The molecule has 20 heavy (non-hydrogen) atoms. The minimum atomic E-state index is -0.744. The van der Waals surface area contributed by atoms with E-state index in [4.69, 9.17) is 18.0 Å². The lowest BCUT2D eigenvalue weighted by Gasteiger charge is -2.31. The summed E-state index contributed by atoms with van der Waals surface area (Å²) in [5.41, 5.74) is 5.90. The Hall–Kier alpha value is -0.940. The maximum absolute atomic E-state index is 12.7. The van der Waals surface area contributed by atoms with Gasteiger partial charge in [-0.3, -0.25) is 4.79 Å². The van der Waals surface area contributed by atoms with E-state index in [0.717, 1.165) is 23.0 Å². The van der Waals surface area contributed by atoms with E-state index in [0.29, 0.717) is 12.8 Å². The summed E-state index contributed by atoms with van der Waals surface area (Å²) in [4.78, 5) is 12.9. The minimum absolute atomic E-state index is 0.101. The van der Waals surface area contributed by atoms with Crippen molar-refractivity contribution in [3.8, 4) is 0 Å². The van der Waals surface area contributed by atoms with Crippen molar-refractivity contribution in [2.24, 2.45) is 11.1 Å². The second-order valence-corrected chi connectivity index (χ2v) is 6.26. The summed E-state index contributed by atoms with van der Waals surface area (Å²) >= 11 is 8.55. The Balaban J connectivity index is 2.98. The lowest BCUT2D eigenvalue weighted by Crippen LogP contribution is -2.46. The van der Waals surface area contributed by atoms with Gasteiger partial charge in [-0.2, -0.15) is 0 Å². The van der Waals surface area contributed by atoms with Gasteiger partial charge in [0.2, 0.25) is 5.91 Å². The molecule has 3 N–H and O–H groups in total. The molecule has 1 rings (SSSR count). The van der Waals surface area contributed by atoms with Gasteiger partial charge >= 0.3 is 0 Å². The lowest BCUT2D eigenvalue weighted by atomic mass is 9.78. The topological polar surface area (TPSA) is 55.1 Å². The van der Waals surface area contributed by atoms with E-state index in [9.17, 15) is 4.79 Å².